The van der Waals surface area contributed by atoms with Gasteiger partial charge in [0.2, 0.25) is 0 Å². The topological polar surface area (TPSA) is 37.5 Å². The van der Waals surface area contributed by atoms with Crippen molar-refractivity contribution in [2.75, 3.05) is 0 Å². The third-order valence-corrected chi connectivity index (χ3v) is 8.41. The lowest BCUT2D eigenvalue weighted by atomic mass is 9.78. The van der Waals surface area contributed by atoms with Crippen LogP contribution in [-0.2, 0) is 10.8 Å². The van der Waals surface area contributed by atoms with Gasteiger partial charge in [0.1, 0.15) is 11.4 Å². The average molecular weight is 586 g/mol. The van der Waals surface area contributed by atoms with E-state index in [2.05, 4.69) is 69.7 Å². The van der Waals surface area contributed by atoms with E-state index in [-0.39, 0.29) is 35.0 Å². The van der Waals surface area contributed by atoms with Gasteiger partial charge in [-0.2, -0.15) is 9.13 Å². The van der Waals surface area contributed by atoms with Crippen LogP contribution >= 0.6 is 0 Å². The molecule has 0 saturated carbocycles. The fourth-order valence-electron chi connectivity index (χ4n) is 6.21. The predicted octanol–water partition coefficient (Wildman–Crippen LogP) is 9.59. The van der Waals surface area contributed by atoms with Crippen molar-refractivity contribution in [3.8, 4) is 11.4 Å². The number of nitrogens with zero attached hydrogens (tertiary/aromatic N) is 3. The second-order valence-corrected chi connectivity index (χ2v) is 13.6. The molecule has 0 amide bonds. The zero-order valence-electron chi connectivity index (χ0n) is 29.9. The van der Waals surface area contributed by atoms with Crippen LogP contribution in [0.15, 0.2) is 110 Å². The zero-order valence-corrected chi connectivity index (χ0v) is 25.9. The Morgan fingerprint density at radius 3 is 2.25 bits per heavy atom. The lowest BCUT2D eigenvalue weighted by molar-refractivity contribution is -0.569. The summed E-state index contributed by atoms with van der Waals surface area (Å²) in [6.45, 7) is 12.8. The number of benzene rings is 4. The summed E-state index contributed by atoms with van der Waals surface area (Å²) in [5, 5.41) is 2.03. The minimum Gasteiger partial charge on any atom is -0.353 e. The standard InChI is InChI=1S/C39H38FN4/c1-38(2,3)30-13-10-14-31(39(4,5)6)37(30)44-24-43(34-15-7-8-16-35(34)44)27-12-9-11-25(21-27)36(40)26-17-18-28-29-19-20-41-23-33(29)42-32(28)22-26/h7-24,36,42H,1-6H3/q+1/i7D,8D,15D,16D. The van der Waals surface area contributed by atoms with Gasteiger partial charge in [-0.1, -0.05) is 96.1 Å². The lowest BCUT2D eigenvalue weighted by Gasteiger charge is -2.27. The molecule has 0 spiro atoms. The van der Waals surface area contributed by atoms with Crippen LogP contribution in [0.3, 0.4) is 0 Å². The number of hydrogen-bond donors (Lipinski definition) is 1. The van der Waals surface area contributed by atoms with E-state index in [0.717, 1.165) is 38.6 Å². The van der Waals surface area contributed by atoms with E-state index in [1.54, 1.807) is 41.2 Å². The molecule has 0 aliphatic rings. The molecular weight excluding hydrogens is 543 g/mol. The van der Waals surface area contributed by atoms with Crippen molar-refractivity contribution in [2.45, 2.75) is 58.5 Å². The summed E-state index contributed by atoms with van der Waals surface area (Å²) in [4.78, 5) is 7.54. The molecule has 7 aromatic rings. The molecular formula is C39H38FN4+. The Morgan fingerprint density at radius 1 is 0.818 bits per heavy atom. The number of rotatable bonds is 4. The maximum Gasteiger partial charge on any atom is 0.255 e. The number of para-hydroxylation sites is 3. The van der Waals surface area contributed by atoms with Crippen LogP contribution < -0.4 is 4.57 Å². The van der Waals surface area contributed by atoms with Gasteiger partial charge in [0.15, 0.2) is 17.2 Å². The third-order valence-electron chi connectivity index (χ3n) is 8.41. The van der Waals surface area contributed by atoms with E-state index in [9.17, 15) is 0 Å². The number of aromatic amines is 1. The van der Waals surface area contributed by atoms with Gasteiger partial charge in [0, 0.05) is 33.6 Å². The Hall–Kier alpha value is -4.77. The Labute approximate surface area is 263 Å². The highest BCUT2D eigenvalue weighted by Gasteiger charge is 2.31. The van der Waals surface area contributed by atoms with Crippen LogP contribution in [0.25, 0.3) is 44.2 Å². The number of alkyl halides is 1. The number of fused-ring (bicyclic) bond motifs is 4. The first kappa shape index (κ1) is 23.7. The molecule has 3 heterocycles. The van der Waals surface area contributed by atoms with Crippen LogP contribution in [0.5, 0.6) is 0 Å². The number of nitrogens with one attached hydrogen (secondary N) is 1. The van der Waals surface area contributed by atoms with E-state index < -0.39 is 6.17 Å². The Morgan fingerprint density at radius 2 is 1.50 bits per heavy atom. The summed E-state index contributed by atoms with van der Waals surface area (Å²) in [5.41, 5.74) is 6.37. The van der Waals surface area contributed by atoms with Crippen LogP contribution in [0.4, 0.5) is 4.39 Å². The first-order valence-electron chi connectivity index (χ1n) is 16.9. The highest BCUT2D eigenvalue weighted by Crippen LogP contribution is 2.36. The zero-order chi connectivity index (χ0) is 34.3. The molecule has 0 saturated heterocycles. The van der Waals surface area contributed by atoms with Crippen LogP contribution in [0.1, 0.15) is 75.5 Å². The lowest BCUT2D eigenvalue weighted by Crippen LogP contribution is -2.37. The molecule has 1 unspecified atom stereocenters. The molecule has 5 heteroatoms. The van der Waals surface area contributed by atoms with Crippen molar-refractivity contribution in [1.29, 1.82) is 0 Å². The molecule has 0 radical (unpaired) electrons. The minimum atomic E-state index is -1.43. The van der Waals surface area contributed by atoms with Crippen molar-refractivity contribution in [1.82, 2.24) is 14.5 Å². The van der Waals surface area contributed by atoms with Gasteiger partial charge in [-0.05, 0) is 58.3 Å². The molecule has 0 bridgehead atoms. The smallest absolute Gasteiger partial charge is 0.255 e. The molecule has 220 valence electrons. The number of pyridine rings is 1. The number of H-pyrrole nitrogens is 1. The fraction of sp³-hybridized carbons (Fsp3) is 0.231. The quantitative estimate of drug-likeness (QED) is 0.205. The van der Waals surface area contributed by atoms with Crippen molar-refractivity contribution in [2.24, 2.45) is 0 Å². The molecule has 0 aliphatic heterocycles. The molecule has 44 heavy (non-hydrogen) atoms. The first-order valence-corrected chi connectivity index (χ1v) is 14.9. The number of hydrogen-bond acceptors (Lipinski definition) is 1. The Balaban J connectivity index is 1.45. The summed E-state index contributed by atoms with van der Waals surface area (Å²) >= 11 is 0. The molecule has 4 aromatic carbocycles. The van der Waals surface area contributed by atoms with Gasteiger partial charge >= 0.3 is 0 Å². The van der Waals surface area contributed by atoms with Crippen LogP contribution in [0, 0.1) is 0 Å². The Kier molecular flexibility index (Phi) is 5.46. The maximum atomic E-state index is 16.4. The largest absolute Gasteiger partial charge is 0.353 e. The number of halogens is 1. The van der Waals surface area contributed by atoms with Gasteiger partial charge in [-0.3, -0.25) is 4.98 Å². The number of imidazole rings is 1. The number of aromatic nitrogens is 4. The van der Waals surface area contributed by atoms with E-state index in [0.29, 0.717) is 27.8 Å². The second-order valence-electron chi connectivity index (χ2n) is 13.6. The van der Waals surface area contributed by atoms with Gasteiger partial charge in [0.25, 0.3) is 6.33 Å². The van der Waals surface area contributed by atoms with Gasteiger partial charge in [-0.15, -0.1) is 0 Å². The highest BCUT2D eigenvalue weighted by atomic mass is 19.1. The fourth-order valence-corrected chi connectivity index (χ4v) is 6.21. The van der Waals surface area contributed by atoms with Crippen molar-refractivity contribution < 1.29 is 14.4 Å². The molecule has 0 fully saturated rings. The Bertz CT molecular complexity index is 2360. The van der Waals surface area contributed by atoms with Crippen LogP contribution in [-0.4, -0.2) is 14.5 Å². The minimum absolute atomic E-state index is 0.130. The van der Waals surface area contributed by atoms with Crippen LogP contribution in [0.2, 0.25) is 0 Å². The van der Waals surface area contributed by atoms with Gasteiger partial charge in [-0.25, -0.2) is 4.39 Å². The van der Waals surface area contributed by atoms with Gasteiger partial charge in [0.05, 0.1) is 17.2 Å². The van der Waals surface area contributed by atoms with E-state index in [1.165, 1.54) is 0 Å². The predicted molar refractivity (Wildman–Crippen MR) is 179 cm³/mol. The first-order chi connectivity index (χ1) is 22.7. The molecule has 7 rings (SSSR count). The SMILES string of the molecule is [2H]c1c([2H])c([2H])c2c(c1[2H])n(-c1cccc(C(F)c3ccc4c(c3)[nH]c3cnccc34)c1)c[n+]2-c1c(C(C)(C)C)cccc1C(C)(C)C. The van der Waals surface area contributed by atoms with Gasteiger partial charge < -0.3 is 4.98 Å². The van der Waals surface area contributed by atoms with Crippen molar-refractivity contribution >= 4 is 32.8 Å². The molecule has 4 nitrogen and oxygen atoms in total. The average Bonchev–Trinajstić information content (AvgIpc) is 3.64. The van der Waals surface area contributed by atoms with E-state index in [1.807, 2.05) is 35.2 Å². The summed E-state index contributed by atoms with van der Waals surface area (Å²) in [7, 11) is 0. The molecule has 0 aliphatic carbocycles. The second kappa shape index (κ2) is 10.2. The molecule has 3 aromatic heterocycles. The van der Waals surface area contributed by atoms with Crippen molar-refractivity contribution in [3.05, 3.63) is 132 Å². The monoisotopic (exact) mass is 585 g/mol. The summed E-state index contributed by atoms with van der Waals surface area (Å²) in [6.07, 6.45) is 3.90. The maximum absolute atomic E-state index is 16.4. The molecule has 1 atom stereocenters. The van der Waals surface area contributed by atoms with E-state index >= 15 is 4.39 Å². The molecule has 1 N–H and O–H groups in total. The summed E-state index contributed by atoms with van der Waals surface area (Å²) < 4.78 is 55.4. The highest BCUT2D eigenvalue weighted by molar-refractivity contribution is 6.07. The summed E-state index contributed by atoms with van der Waals surface area (Å²) in [5.74, 6) is 0. The van der Waals surface area contributed by atoms with Crippen molar-refractivity contribution in [3.63, 3.8) is 0 Å². The normalized spacial score (nSPS) is 14.5. The summed E-state index contributed by atoms with van der Waals surface area (Å²) in [6, 6.07) is 20.0. The van der Waals surface area contributed by atoms with E-state index in [4.69, 9.17) is 5.48 Å². The third kappa shape index (κ3) is 4.68.